The van der Waals surface area contributed by atoms with Crippen LogP contribution in [0.4, 0.5) is 0 Å². The fourth-order valence-corrected chi connectivity index (χ4v) is 2.10. The lowest BCUT2D eigenvalue weighted by atomic mass is 10.1. The van der Waals surface area contributed by atoms with E-state index in [4.69, 9.17) is 11.0 Å². The summed E-state index contributed by atoms with van der Waals surface area (Å²) in [4.78, 5) is 20.4. The van der Waals surface area contributed by atoms with E-state index in [2.05, 4.69) is 16.0 Å². The van der Waals surface area contributed by atoms with Crippen molar-refractivity contribution >= 4 is 5.91 Å². The molecule has 90 valence electrons. The van der Waals surface area contributed by atoms with Crippen molar-refractivity contribution in [1.82, 2.24) is 14.9 Å². The van der Waals surface area contributed by atoms with Crippen molar-refractivity contribution in [3.63, 3.8) is 0 Å². The summed E-state index contributed by atoms with van der Waals surface area (Å²) in [6.45, 7) is 0.633. The van der Waals surface area contributed by atoms with E-state index in [-0.39, 0.29) is 11.9 Å². The number of nitrogens with one attached hydrogen (secondary N) is 1. The minimum Gasteiger partial charge on any atom is -0.348 e. The van der Waals surface area contributed by atoms with Gasteiger partial charge >= 0.3 is 0 Å². The Balaban J connectivity index is 1.97. The SMILES string of the molecule is N#C[C@@H]1CCCN1C(=O)[C@@H](N)Cc1cnc[nH]1. The topological polar surface area (TPSA) is 98.8 Å². The highest BCUT2D eigenvalue weighted by molar-refractivity contribution is 5.82. The maximum absolute atomic E-state index is 12.1. The van der Waals surface area contributed by atoms with Gasteiger partial charge in [0, 0.05) is 24.9 Å². The molecule has 3 N–H and O–H groups in total. The monoisotopic (exact) mass is 233 g/mol. The van der Waals surface area contributed by atoms with Gasteiger partial charge in [0.1, 0.15) is 6.04 Å². The molecule has 1 aromatic rings. The average molecular weight is 233 g/mol. The normalized spacial score (nSPS) is 21.2. The van der Waals surface area contributed by atoms with Crippen LogP contribution in [0.2, 0.25) is 0 Å². The van der Waals surface area contributed by atoms with Gasteiger partial charge in [0.2, 0.25) is 5.91 Å². The molecular weight excluding hydrogens is 218 g/mol. The molecule has 1 saturated heterocycles. The summed E-state index contributed by atoms with van der Waals surface area (Å²) in [6, 6.07) is 1.22. The Morgan fingerprint density at radius 2 is 2.65 bits per heavy atom. The van der Waals surface area contributed by atoms with E-state index in [0.717, 1.165) is 18.5 Å². The van der Waals surface area contributed by atoms with Gasteiger partial charge in [-0.15, -0.1) is 0 Å². The first kappa shape index (κ1) is 11.6. The van der Waals surface area contributed by atoms with Gasteiger partial charge in [-0.25, -0.2) is 4.98 Å². The van der Waals surface area contributed by atoms with Gasteiger partial charge in [-0.3, -0.25) is 4.79 Å². The molecule has 1 fully saturated rings. The zero-order chi connectivity index (χ0) is 12.3. The highest BCUT2D eigenvalue weighted by Gasteiger charge is 2.31. The predicted octanol–water partition coefficient (Wildman–Crippen LogP) is -0.206. The largest absolute Gasteiger partial charge is 0.348 e. The molecule has 6 heteroatoms. The third kappa shape index (κ3) is 2.45. The number of amides is 1. The van der Waals surface area contributed by atoms with Gasteiger partial charge < -0.3 is 15.6 Å². The summed E-state index contributed by atoms with van der Waals surface area (Å²) in [5.41, 5.74) is 6.69. The number of nitriles is 1. The highest BCUT2D eigenvalue weighted by atomic mass is 16.2. The number of imidazole rings is 1. The van der Waals surface area contributed by atoms with Crippen LogP contribution in [0.1, 0.15) is 18.5 Å². The molecule has 0 aromatic carbocycles. The molecule has 0 unspecified atom stereocenters. The number of hydrogen-bond acceptors (Lipinski definition) is 4. The molecule has 0 radical (unpaired) electrons. The summed E-state index contributed by atoms with van der Waals surface area (Å²) in [5, 5.41) is 8.92. The number of carbonyl (C=O) groups excluding carboxylic acids is 1. The van der Waals surface area contributed by atoms with Crippen LogP contribution in [0, 0.1) is 11.3 Å². The number of nitrogens with zero attached hydrogens (tertiary/aromatic N) is 3. The Labute approximate surface area is 99.4 Å². The van der Waals surface area contributed by atoms with Crippen molar-refractivity contribution in [2.45, 2.75) is 31.3 Å². The molecule has 1 aromatic heterocycles. The molecule has 1 amide bonds. The third-order valence-electron chi connectivity index (χ3n) is 3.00. The average Bonchev–Trinajstić information content (AvgIpc) is 2.97. The van der Waals surface area contributed by atoms with Gasteiger partial charge in [0.25, 0.3) is 0 Å². The number of rotatable bonds is 3. The summed E-state index contributed by atoms with van der Waals surface area (Å²) in [6.07, 6.45) is 5.26. The summed E-state index contributed by atoms with van der Waals surface area (Å²) in [5.74, 6) is -0.149. The van der Waals surface area contributed by atoms with Gasteiger partial charge in [0.15, 0.2) is 0 Å². The smallest absolute Gasteiger partial charge is 0.240 e. The Bertz CT molecular complexity index is 422. The van der Waals surface area contributed by atoms with Crippen LogP contribution in [0.25, 0.3) is 0 Å². The second kappa shape index (κ2) is 4.97. The van der Waals surface area contributed by atoms with E-state index < -0.39 is 6.04 Å². The number of carbonyl (C=O) groups is 1. The zero-order valence-corrected chi connectivity index (χ0v) is 9.47. The first-order valence-electron chi connectivity index (χ1n) is 5.65. The van der Waals surface area contributed by atoms with Crippen molar-refractivity contribution in [3.05, 3.63) is 18.2 Å². The molecule has 2 heterocycles. The first-order valence-corrected chi connectivity index (χ1v) is 5.65. The number of likely N-dealkylation sites (tertiary alicyclic amines) is 1. The van der Waals surface area contributed by atoms with Crippen LogP contribution in [0.3, 0.4) is 0 Å². The molecule has 1 aliphatic rings. The van der Waals surface area contributed by atoms with Crippen LogP contribution in [-0.2, 0) is 11.2 Å². The van der Waals surface area contributed by atoms with Crippen LogP contribution in [-0.4, -0.2) is 39.4 Å². The molecule has 6 nitrogen and oxygen atoms in total. The fourth-order valence-electron chi connectivity index (χ4n) is 2.10. The van der Waals surface area contributed by atoms with Crippen molar-refractivity contribution in [3.8, 4) is 6.07 Å². The molecule has 1 aliphatic heterocycles. The molecule has 2 atom stereocenters. The van der Waals surface area contributed by atoms with E-state index in [9.17, 15) is 4.79 Å². The van der Waals surface area contributed by atoms with Crippen LogP contribution in [0.15, 0.2) is 12.5 Å². The molecule has 0 bridgehead atoms. The van der Waals surface area contributed by atoms with E-state index in [1.165, 1.54) is 0 Å². The maximum atomic E-state index is 12.1. The van der Waals surface area contributed by atoms with Crippen LogP contribution < -0.4 is 5.73 Å². The second-order valence-electron chi connectivity index (χ2n) is 4.21. The first-order chi connectivity index (χ1) is 8.22. The van der Waals surface area contributed by atoms with Gasteiger partial charge in [0.05, 0.1) is 18.4 Å². The number of aromatic nitrogens is 2. The van der Waals surface area contributed by atoms with Gasteiger partial charge in [-0.2, -0.15) is 5.26 Å². The molecule has 0 saturated carbocycles. The lowest BCUT2D eigenvalue weighted by Gasteiger charge is -2.22. The minimum atomic E-state index is -0.607. The van der Waals surface area contributed by atoms with Crippen molar-refractivity contribution < 1.29 is 4.79 Å². The van der Waals surface area contributed by atoms with Gasteiger partial charge in [-0.05, 0) is 12.8 Å². The van der Waals surface area contributed by atoms with E-state index in [0.29, 0.717) is 13.0 Å². The molecule has 0 spiro atoms. The third-order valence-corrected chi connectivity index (χ3v) is 3.00. The minimum absolute atomic E-state index is 0.149. The lowest BCUT2D eigenvalue weighted by molar-refractivity contribution is -0.132. The lowest BCUT2D eigenvalue weighted by Crippen LogP contribution is -2.46. The fraction of sp³-hybridized carbons (Fsp3) is 0.545. The van der Waals surface area contributed by atoms with E-state index in [1.807, 2.05) is 0 Å². The number of nitrogens with two attached hydrogens (primary N) is 1. The summed E-state index contributed by atoms with van der Waals surface area (Å²) < 4.78 is 0. The molecular formula is C11H15N5O. The van der Waals surface area contributed by atoms with Crippen molar-refractivity contribution in [1.29, 1.82) is 5.26 Å². The molecule has 2 rings (SSSR count). The van der Waals surface area contributed by atoms with Gasteiger partial charge in [-0.1, -0.05) is 0 Å². The maximum Gasteiger partial charge on any atom is 0.240 e. The quantitative estimate of drug-likeness (QED) is 0.754. The molecule has 0 aliphatic carbocycles. The Kier molecular flexibility index (Phi) is 3.40. The zero-order valence-electron chi connectivity index (χ0n) is 9.47. The standard InChI is InChI=1S/C11H15N5O/c12-5-9-2-1-3-16(9)11(17)10(13)4-8-6-14-7-15-8/h6-7,9-10H,1-4,13H2,(H,14,15)/t9-,10-/m0/s1. The van der Waals surface area contributed by atoms with Crippen molar-refractivity contribution in [2.24, 2.45) is 5.73 Å². The van der Waals surface area contributed by atoms with Crippen molar-refractivity contribution in [2.75, 3.05) is 6.54 Å². The highest BCUT2D eigenvalue weighted by Crippen LogP contribution is 2.17. The molecule has 17 heavy (non-hydrogen) atoms. The second-order valence-corrected chi connectivity index (χ2v) is 4.21. The van der Waals surface area contributed by atoms with Crippen LogP contribution in [0.5, 0.6) is 0 Å². The summed E-state index contributed by atoms with van der Waals surface area (Å²) in [7, 11) is 0. The van der Waals surface area contributed by atoms with E-state index in [1.54, 1.807) is 17.4 Å². The number of aromatic amines is 1. The number of H-pyrrole nitrogens is 1. The predicted molar refractivity (Wildman–Crippen MR) is 60.6 cm³/mol. The van der Waals surface area contributed by atoms with Crippen LogP contribution >= 0.6 is 0 Å². The van der Waals surface area contributed by atoms with E-state index >= 15 is 0 Å². The number of hydrogen-bond donors (Lipinski definition) is 2. The Morgan fingerprint density at radius 1 is 1.82 bits per heavy atom. The Morgan fingerprint density at radius 3 is 3.29 bits per heavy atom. The Hall–Kier alpha value is -1.87. The summed E-state index contributed by atoms with van der Waals surface area (Å²) >= 11 is 0.